The third-order valence-electron chi connectivity index (χ3n) is 3.59. The Bertz CT molecular complexity index is 822. The Balaban J connectivity index is 1.64. The van der Waals surface area contributed by atoms with Gasteiger partial charge in [0.1, 0.15) is 12.4 Å². The Labute approximate surface area is 144 Å². The summed E-state index contributed by atoms with van der Waals surface area (Å²) in [6.45, 7) is 4.11. The van der Waals surface area contributed by atoms with Crippen LogP contribution in [-0.4, -0.2) is 30.5 Å². The topological polar surface area (TPSA) is 77.6 Å². The predicted molar refractivity (Wildman–Crippen MR) is 90.9 cm³/mol. The molecule has 1 aromatic carbocycles. The number of aryl methyl sites for hydroxylation is 1. The van der Waals surface area contributed by atoms with Crippen molar-refractivity contribution in [2.24, 2.45) is 0 Å². The van der Waals surface area contributed by atoms with Gasteiger partial charge in [0.25, 0.3) is 5.91 Å². The predicted octanol–water partition coefficient (Wildman–Crippen LogP) is 2.68. The fourth-order valence-electron chi connectivity index (χ4n) is 2.19. The Kier molecular flexibility index (Phi) is 4.61. The number of carbonyl (C=O) groups excluding carboxylic acids is 1. The number of benzene rings is 1. The van der Waals surface area contributed by atoms with Crippen molar-refractivity contribution in [3.63, 3.8) is 0 Å². The standard InChI is InChI=1S/C16H17ClN6O/c1-11-14(17)9-23(20-11)12(2)15(24)19-16-18-10-22(21-16)8-13-6-4-3-5-7-13/h3-7,9-10,12H,8H2,1-2H3,(H,19,21,24). The first-order valence-electron chi connectivity index (χ1n) is 7.48. The molecule has 1 atom stereocenters. The highest BCUT2D eigenvalue weighted by Gasteiger charge is 2.18. The first-order chi connectivity index (χ1) is 11.5. The number of nitrogens with zero attached hydrogens (tertiary/aromatic N) is 5. The number of halogens is 1. The van der Waals surface area contributed by atoms with Gasteiger partial charge in [-0.3, -0.25) is 14.8 Å². The zero-order valence-electron chi connectivity index (χ0n) is 13.3. The minimum atomic E-state index is -0.516. The zero-order chi connectivity index (χ0) is 17.1. The van der Waals surface area contributed by atoms with E-state index < -0.39 is 6.04 Å². The molecule has 7 nitrogen and oxygen atoms in total. The molecular formula is C16H17ClN6O. The van der Waals surface area contributed by atoms with Gasteiger partial charge in [-0.05, 0) is 19.4 Å². The molecule has 2 aromatic heterocycles. The molecule has 124 valence electrons. The lowest BCUT2D eigenvalue weighted by Gasteiger charge is -2.10. The molecule has 1 amide bonds. The smallest absolute Gasteiger partial charge is 0.251 e. The van der Waals surface area contributed by atoms with Crippen LogP contribution in [0.3, 0.4) is 0 Å². The summed E-state index contributed by atoms with van der Waals surface area (Å²) < 4.78 is 3.19. The average Bonchev–Trinajstić information content (AvgIpc) is 3.14. The number of anilines is 1. The molecule has 0 fully saturated rings. The first kappa shape index (κ1) is 16.2. The fraction of sp³-hybridized carbons (Fsp3) is 0.250. The van der Waals surface area contributed by atoms with Crippen molar-refractivity contribution in [2.45, 2.75) is 26.4 Å². The van der Waals surface area contributed by atoms with Gasteiger partial charge in [-0.2, -0.15) is 5.10 Å². The van der Waals surface area contributed by atoms with Gasteiger partial charge in [-0.15, -0.1) is 5.10 Å². The van der Waals surface area contributed by atoms with Gasteiger partial charge < -0.3 is 0 Å². The van der Waals surface area contributed by atoms with Crippen molar-refractivity contribution >= 4 is 23.5 Å². The lowest BCUT2D eigenvalue weighted by Crippen LogP contribution is -2.24. The van der Waals surface area contributed by atoms with Gasteiger partial charge in [0, 0.05) is 6.20 Å². The van der Waals surface area contributed by atoms with Crippen molar-refractivity contribution in [1.29, 1.82) is 0 Å². The number of carbonyl (C=O) groups is 1. The van der Waals surface area contributed by atoms with Crippen LogP contribution >= 0.6 is 11.6 Å². The van der Waals surface area contributed by atoms with Crippen molar-refractivity contribution < 1.29 is 4.79 Å². The minimum absolute atomic E-state index is 0.258. The molecule has 1 N–H and O–H groups in total. The van der Waals surface area contributed by atoms with Crippen LogP contribution in [0.1, 0.15) is 24.2 Å². The summed E-state index contributed by atoms with van der Waals surface area (Å²) in [5.41, 5.74) is 1.79. The highest BCUT2D eigenvalue weighted by Crippen LogP contribution is 2.16. The van der Waals surface area contributed by atoms with Crippen LogP contribution in [0.15, 0.2) is 42.9 Å². The van der Waals surface area contributed by atoms with E-state index in [2.05, 4.69) is 20.5 Å². The van der Waals surface area contributed by atoms with Gasteiger partial charge in [-0.1, -0.05) is 41.9 Å². The number of hydrogen-bond acceptors (Lipinski definition) is 4. The van der Waals surface area contributed by atoms with Crippen LogP contribution in [0.25, 0.3) is 0 Å². The molecular weight excluding hydrogens is 328 g/mol. The largest absolute Gasteiger partial charge is 0.291 e. The molecule has 0 bridgehead atoms. The molecule has 0 radical (unpaired) electrons. The Morgan fingerprint density at radius 3 is 2.71 bits per heavy atom. The van der Waals surface area contributed by atoms with Gasteiger partial charge >= 0.3 is 0 Å². The molecule has 0 spiro atoms. The molecule has 8 heteroatoms. The maximum atomic E-state index is 12.3. The lowest BCUT2D eigenvalue weighted by atomic mass is 10.2. The van der Waals surface area contributed by atoms with Crippen LogP contribution in [0.4, 0.5) is 5.95 Å². The number of aromatic nitrogens is 5. The molecule has 2 heterocycles. The molecule has 1 unspecified atom stereocenters. The minimum Gasteiger partial charge on any atom is -0.291 e. The molecule has 0 aliphatic rings. The van der Waals surface area contributed by atoms with Crippen molar-refractivity contribution in [2.75, 3.05) is 5.32 Å². The zero-order valence-corrected chi connectivity index (χ0v) is 14.1. The first-order valence-corrected chi connectivity index (χ1v) is 7.86. The average molecular weight is 345 g/mol. The molecule has 0 saturated heterocycles. The summed E-state index contributed by atoms with van der Waals surface area (Å²) in [4.78, 5) is 16.4. The molecule has 0 saturated carbocycles. The van der Waals surface area contributed by atoms with Gasteiger partial charge in [0.15, 0.2) is 0 Å². The van der Waals surface area contributed by atoms with E-state index in [1.165, 1.54) is 4.68 Å². The van der Waals surface area contributed by atoms with E-state index in [9.17, 15) is 4.79 Å². The van der Waals surface area contributed by atoms with E-state index >= 15 is 0 Å². The number of rotatable bonds is 5. The van der Waals surface area contributed by atoms with Crippen LogP contribution < -0.4 is 5.32 Å². The van der Waals surface area contributed by atoms with E-state index in [0.717, 1.165) is 5.56 Å². The van der Waals surface area contributed by atoms with Crippen LogP contribution in [0, 0.1) is 6.92 Å². The summed E-state index contributed by atoms with van der Waals surface area (Å²) >= 11 is 5.98. The maximum Gasteiger partial charge on any atom is 0.251 e. The SMILES string of the molecule is Cc1nn(C(C)C(=O)Nc2ncn(Cc3ccccc3)n2)cc1Cl. The van der Waals surface area contributed by atoms with E-state index in [-0.39, 0.29) is 11.9 Å². The van der Waals surface area contributed by atoms with E-state index in [1.807, 2.05) is 30.3 Å². The molecule has 0 aliphatic carbocycles. The highest BCUT2D eigenvalue weighted by molar-refractivity contribution is 6.31. The second-order valence-corrected chi connectivity index (χ2v) is 5.87. The summed E-state index contributed by atoms with van der Waals surface area (Å²) in [7, 11) is 0. The van der Waals surface area contributed by atoms with Gasteiger partial charge in [0.05, 0.1) is 17.3 Å². The molecule has 0 aliphatic heterocycles. The van der Waals surface area contributed by atoms with Gasteiger partial charge in [0.2, 0.25) is 5.95 Å². The Morgan fingerprint density at radius 2 is 2.04 bits per heavy atom. The number of amides is 1. The van der Waals surface area contributed by atoms with Crippen LogP contribution in [-0.2, 0) is 11.3 Å². The molecule has 3 rings (SSSR count). The Morgan fingerprint density at radius 1 is 1.29 bits per heavy atom. The Hall–Kier alpha value is -2.67. The highest BCUT2D eigenvalue weighted by atomic mass is 35.5. The summed E-state index contributed by atoms with van der Waals surface area (Å²) in [5, 5.41) is 11.7. The monoisotopic (exact) mass is 344 g/mol. The van der Waals surface area contributed by atoms with Crippen molar-refractivity contribution in [3.05, 3.63) is 59.1 Å². The van der Waals surface area contributed by atoms with E-state index in [0.29, 0.717) is 17.3 Å². The molecule has 24 heavy (non-hydrogen) atoms. The van der Waals surface area contributed by atoms with E-state index in [1.54, 1.807) is 31.1 Å². The second-order valence-electron chi connectivity index (χ2n) is 5.46. The lowest BCUT2D eigenvalue weighted by molar-refractivity contribution is -0.119. The number of nitrogens with one attached hydrogen (secondary N) is 1. The normalized spacial score (nSPS) is 12.1. The van der Waals surface area contributed by atoms with E-state index in [4.69, 9.17) is 11.6 Å². The van der Waals surface area contributed by atoms with Crippen LogP contribution in [0.2, 0.25) is 5.02 Å². The van der Waals surface area contributed by atoms with Crippen molar-refractivity contribution in [1.82, 2.24) is 24.5 Å². The third-order valence-corrected chi connectivity index (χ3v) is 3.96. The summed E-state index contributed by atoms with van der Waals surface area (Å²) in [6.07, 6.45) is 3.21. The third kappa shape index (κ3) is 3.62. The molecule has 3 aromatic rings. The quantitative estimate of drug-likeness (QED) is 0.772. The summed E-state index contributed by atoms with van der Waals surface area (Å²) in [6, 6.07) is 9.39. The maximum absolute atomic E-state index is 12.3. The summed E-state index contributed by atoms with van der Waals surface area (Å²) in [5.74, 6) is 0.00406. The second kappa shape index (κ2) is 6.84. The van der Waals surface area contributed by atoms with Crippen LogP contribution in [0.5, 0.6) is 0 Å². The van der Waals surface area contributed by atoms with Gasteiger partial charge in [-0.25, -0.2) is 9.67 Å². The fourth-order valence-corrected chi connectivity index (χ4v) is 2.33. The number of hydrogen-bond donors (Lipinski definition) is 1. The van der Waals surface area contributed by atoms with Crippen molar-refractivity contribution in [3.8, 4) is 0 Å².